The summed E-state index contributed by atoms with van der Waals surface area (Å²) in [5, 5.41) is 7.09. The lowest BCUT2D eigenvalue weighted by atomic mass is 10.2. The van der Waals surface area contributed by atoms with Gasteiger partial charge >= 0.3 is 0 Å². The number of methoxy groups -OCH3 is 1. The number of para-hydroxylation sites is 2. The molecule has 3 aromatic rings. The smallest absolute Gasteiger partial charge is 0.229 e. The van der Waals surface area contributed by atoms with Crippen molar-refractivity contribution < 1.29 is 9.47 Å². The number of nitrogens with zero attached hydrogens (tertiary/aromatic N) is 2. The average Bonchev–Trinajstić information content (AvgIpc) is 2.66. The molecule has 2 N–H and O–H groups in total. The molecule has 0 radical (unpaired) electrons. The number of nitrogens with one attached hydrogen (secondary N) is 2. The molecule has 0 saturated carbocycles. The molecule has 0 fully saturated rings. The van der Waals surface area contributed by atoms with Crippen LogP contribution in [0, 0.1) is 6.92 Å². The second-order valence-corrected chi connectivity index (χ2v) is 6.15. The maximum Gasteiger partial charge on any atom is 0.229 e. The Hall–Kier alpha value is -2.99. The van der Waals surface area contributed by atoms with Gasteiger partial charge in [0.05, 0.1) is 25.1 Å². The molecular formula is C20H21ClN4O2. The van der Waals surface area contributed by atoms with E-state index < -0.39 is 0 Å². The highest BCUT2D eigenvalue weighted by Crippen LogP contribution is 2.33. The number of anilines is 4. The molecule has 140 valence electrons. The summed E-state index contributed by atoms with van der Waals surface area (Å²) >= 11 is 6.17. The summed E-state index contributed by atoms with van der Waals surface area (Å²) in [5.41, 5.74) is 2.52. The number of rotatable bonds is 7. The van der Waals surface area contributed by atoms with Gasteiger partial charge in [-0.1, -0.05) is 23.7 Å². The molecule has 0 atom stereocenters. The van der Waals surface area contributed by atoms with Crippen LogP contribution in [0.2, 0.25) is 5.02 Å². The highest BCUT2D eigenvalue weighted by atomic mass is 35.5. The fourth-order valence-electron chi connectivity index (χ4n) is 2.53. The molecule has 0 saturated heterocycles. The van der Waals surface area contributed by atoms with Crippen molar-refractivity contribution >= 4 is 34.7 Å². The third-order valence-electron chi connectivity index (χ3n) is 3.83. The third-order valence-corrected chi connectivity index (χ3v) is 4.24. The summed E-state index contributed by atoms with van der Waals surface area (Å²) in [7, 11) is 1.60. The van der Waals surface area contributed by atoms with E-state index in [4.69, 9.17) is 21.1 Å². The van der Waals surface area contributed by atoms with Crippen LogP contribution in [0.15, 0.2) is 48.7 Å². The molecule has 2 aromatic carbocycles. The van der Waals surface area contributed by atoms with Gasteiger partial charge in [-0.3, -0.25) is 0 Å². The maximum absolute atomic E-state index is 6.17. The van der Waals surface area contributed by atoms with Crippen LogP contribution in [0.5, 0.6) is 11.5 Å². The van der Waals surface area contributed by atoms with Gasteiger partial charge in [0.2, 0.25) is 5.95 Å². The van der Waals surface area contributed by atoms with E-state index in [1.807, 2.05) is 44.2 Å². The van der Waals surface area contributed by atoms with Crippen LogP contribution in [0.1, 0.15) is 12.5 Å². The van der Waals surface area contributed by atoms with E-state index in [1.165, 1.54) is 0 Å². The molecule has 6 nitrogen and oxygen atoms in total. The quantitative estimate of drug-likeness (QED) is 0.573. The summed E-state index contributed by atoms with van der Waals surface area (Å²) in [6, 6.07) is 13.1. The van der Waals surface area contributed by atoms with Crippen molar-refractivity contribution in [2.75, 3.05) is 24.4 Å². The van der Waals surface area contributed by atoms with Gasteiger partial charge in [-0.25, -0.2) is 4.98 Å². The molecule has 0 aliphatic heterocycles. The molecule has 3 rings (SSSR count). The largest absolute Gasteiger partial charge is 0.495 e. The van der Waals surface area contributed by atoms with E-state index in [9.17, 15) is 0 Å². The van der Waals surface area contributed by atoms with E-state index in [1.54, 1.807) is 25.4 Å². The van der Waals surface area contributed by atoms with Crippen molar-refractivity contribution in [3.8, 4) is 11.5 Å². The number of benzene rings is 2. The number of aryl methyl sites for hydroxylation is 1. The zero-order chi connectivity index (χ0) is 19.2. The Morgan fingerprint density at radius 2 is 1.85 bits per heavy atom. The fourth-order valence-corrected chi connectivity index (χ4v) is 2.68. The second kappa shape index (κ2) is 8.60. The summed E-state index contributed by atoms with van der Waals surface area (Å²) in [6.45, 7) is 4.46. The molecule has 1 aromatic heterocycles. The third kappa shape index (κ3) is 4.60. The van der Waals surface area contributed by atoms with Crippen LogP contribution in [-0.4, -0.2) is 23.7 Å². The van der Waals surface area contributed by atoms with Crippen molar-refractivity contribution in [3.63, 3.8) is 0 Å². The standard InChI is InChI=1S/C20H21ClN4O2/c1-4-27-17-8-6-5-7-15(17)24-20-22-10-9-19(25-20)23-16-11-13(2)14(21)12-18(16)26-3/h5-12H,4H2,1-3H3,(H2,22,23,24,25). The number of hydrogen-bond acceptors (Lipinski definition) is 6. The van der Waals surface area contributed by atoms with Crippen LogP contribution in [0.25, 0.3) is 0 Å². The molecule has 0 aliphatic rings. The van der Waals surface area contributed by atoms with E-state index in [2.05, 4.69) is 20.6 Å². The normalized spacial score (nSPS) is 10.4. The minimum Gasteiger partial charge on any atom is -0.495 e. The predicted molar refractivity (Wildman–Crippen MR) is 109 cm³/mol. The molecular weight excluding hydrogens is 364 g/mol. The Balaban J connectivity index is 1.84. The van der Waals surface area contributed by atoms with E-state index in [-0.39, 0.29) is 0 Å². The monoisotopic (exact) mass is 384 g/mol. The van der Waals surface area contributed by atoms with Gasteiger partial charge in [-0.15, -0.1) is 0 Å². The lowest BCUT2D eigenvalue weighted by Crippen LogP contribution is -2.03. The highest BCUT2D eigenvalue weighted by molar-refractivity contribution is 6.31. The maximum atomic E-state index is 6.17. The van der Waals surface area contributed by atoms with Crippen LogP contribution in [0.4, 0.5) is 23.1 Å². The van der Waals surface area contributed by atoms with Gasteiger partial charge in [-0.2, -0.15) is 4.98 Å². The molecule has 27 heavy (non-hydrogen) atoms. The van der Waals surface area contributed by atoms with Crippen LogP contribution < -0.4 is 20.1 Å². The number of aromatic nitrogens is 2. The first-order chi connectivity index (χ1) is 13.1. The predicted octanol–water partition coefficient (Wildman–Crippen LogP) is 5.33. The lowest BCUT2D eigenvalue weighted by molar-refractivity contribution is 0.342. The van der Waals surface area contributed by atoms with Crippen LogP contribution in [-0.2, 0) is 0 Å². The first-order valence-corrected chi connectivity index (χ1v) is 8.91. The SMILES string of the molecule is CCOc1ccccc1Nc1nccc(Nc2cc(C)c(Cl)cc2OC)n1. The van der Waals surface area contributed by atoms with E-state index in [0.29, 0.717) is 29.1 Å². The lowest BCUT2D eigenvalue weighted by Gasteiger charge is -2.14. The Labute approximate surface area is 163 Å². The number of ether oxygens (including phenoxy) is 2. The average molecular weight is 385 g/mol. The van der Waals surface area contributed by atoms with Crippen molar-refractivity contribution in [2.45, 2.75) is 13.8 Å². The van der Waals surface area contributed by atoms with Gasteiger partial charge in [0.15, 0.2) is 0 Å². The molecule has 0 spiro atoms. The zero-order valence-electron chi connectivity index (χ0n) is 15.4. The molecule has 0 unspecified atom stereocenters. The van der Waals surface area contributed by atoms with E-state index >= 15 is 0 Å². The zero-order valence-corrected chi connectivity index (χ0v) is 16.2. The molecule has 0 aliphatic carbocycles. The first kappa shape index (κ1) is 18.8. The van der Waals surface area contributed by atoms with Crippen LogP contribution >= 0.6 is 11.6 Å². The second-order valence-electron chi connectivity index (χ2n) is 5.75. The summed E-state index contributed by atoms with van der Waals surface area (Å²) in [4.78, 5) is 8.80. The number of hydrogen-bond donors (Lipinski definition) is 2. The Morgan fingerprint density at radius 1 is 1.04 bits per heavy atom. The minimum absolute atomic E-state index is 0.455. The van der Waals surface area contributed by atoms with Crippen molar-refractivity contribution in [1.82, 2.24) is 9.97 Å². The van der Waals surface area contributed by atoms with Gasteiger partial charge in [0.1, 0.15) is 17.3 Å². The Morgan fingerprint density at radius 3 is 2.63 bits per heavy atom. The van der Waals surface area contributed by atoms with Crippen LogP contribution in [0.3, 0.4) is 0 Å². The first-order valence-electron chi connectivity index (χ1n) is 8.53. The highest BCUT2D eigenvalue weighted by Gasteiger charge is 2.10. The van der Waals surface area contributed by atoms with E-state index in [0.717, 1.165) is 22.7 Å². The van der Waals surface area contributed by atoms with Gasteiger partial charge in [0.25, 0.3) is 0 Å². The van der Waals surface area contributed by atoms with Gasteiger partial charge in [-0.05, 0) is 43.7 Å². The Bertz CT molecular complexity index is 934. The molecule has 0 amide bonds. The summed E-state index contributed by atoms with van der Waals surface area (Å²) < 4.78 is 11.0. The topological polar surface area (TPSA) is 68.3 Å². The summed E-state index contributed by atoms with van der Waals surface area (Å²) in [5.74, 6) is 2.47. The minimum atomic E-state index is 0.455. The molecule has 7 heteroatoms. The summed E-state index contributed by atoms with van der Waals surface area (Å²) in [6.07, 6.45) is 1.68. The fraction of sp³-hybridized carbons (Fsp3) is 0.200. The van der Waals surface area contributed by atoms with Crippen molar-refractivity contribution in [2.24, 2.45) is 0 Å². The van der Waals surface area contributed by atoms with Crippen molar-refractivity contribution in [1.29, 1.82) is 0 Å². The molecule has 1 heterocycles. The van der Waals surface area contributed by atoms with Gasteiger partial charge < -0.3 is 20.1 Å². The molecule has 0 bridgehead atoms. The van der Waals surface area contributed by atoms with Crippen molar-refractivity contribution in [3.05, 3.63) is 59.2 Å². The number of halogens is 1. The Kier molecular flexibility index (Phi) is 5.98. The van der Waals surface area contributed by atoms with Gasteiger partial charge in [0, 0.05) is 17.3 Å².